The number of rotatable bonds is 5. The third-order valence-electron chi connectivity index (χ3n) is 4.87. The van der Waals surface area contributed by atoms with E-state index in [0.29, 0.717) is 12.0 Å². The van der Waals surface area contributed by atoms with Gasteiger partial charge in [-0.3, -0.25) is 0 Å². The summed E-state index contributed by atoms with van der Waals surface area (Å²) >= 11 is 0. The van der Waals surface area contributed by atoms with E-state index in [-0.39, 0.29) is 5.60 Å². The molecule has 0 radical (unpaired) electrons. The maximum Gasteiger partial charge on any atom is 0.123 e. The maximum absolute atomic E-state index is 6.08. The van der Waals surface area contributed by atoms with Crippen LogP contribution in [0.25, 0.3) is 0 Å². The smallest absolute Gasteiger partial charge is 0.123 e. The van der Waals surface area contributed by atoms with Gasteiger partial charge in [-0.25, -0.2) is 0 Å². The number of ether oxygens (including phenoxy) is 2. The standard InChI is InChI=1S/C17H27NO3/c1-3-7-18-15(16-13(2)4-8-20-16)14-5-9-21-17(11-14)6-10-19-12-17/h4,8,14-15,18H,3,5-7,9-12H2,1-2H3. The lowest BCUT2D eigenvalue weighted by Crippen LogP contribution is -2.44. The molecule has 4 heteroatoms. The summed E-state index contributed by atoms with van der Waals surface area (Å²) in [5.41, 5.74) is 1.20. The molecule has 1 aromatic heterocycles. The zero-order valence-electron chi connectivity index (χ0n) is 13.2. The molecule has 1 spiro atoms. The van der Waals surface area contributed by atoms with Crippen molar-refractivity contribution in [3.05, 3.63) is 23.7 Å². The number of hydrogen-bond acceptors (Lipinski definition) is 4. The summed E-state index contributed by atoms with van der Waals surface area (Å²) < 4.78 is 17.5. The van der Waals surface area contributed by atoms with Crippen LogP contribution in [-0.2, 0) is 9.47 Å². The molecule has 2 fully saturated rings. The Morgan fingerprint density at radius 2 is 2.33 bits per heavy atom. The molecule has 1 N–H and O–H groups in total. The second-order valence-electron chi connectivity index (χ2n) is 6.49. The number of hydrogen-bond donors (Lipinski definition) is 1. The van der Waals surface area contributed by atoms with Gasteiger partial charge in [0.2, 0.25) is 0 Å². The fourth-order valence-corrected chi connectivity index (χ4v) is 3.69. The fraction of sp³-hybridized carbons (Fsp3) is 0.765. The van der Waals surface area contributed by atoms with Crippen molar-refractivity contribution in [1.82, 2.24) is 5.32 Å². The van der Waals surface area contributed by atoms with Gasteiger partial charge in [-0.1, -0.05) is 6.92 Å². The SMILES string of the molecule is CCCNC(c1occc1C)C1CCOC2(CCOC2)C1. The van der Waals surface area contributed by atoms with Crippen LogP contribution >= 0.6 is 0 Å². The summed E-state index contributed by atoms with van der Waals surface area (Å²) in [6, 6.07) is 2.35. The van der Waals surface area contributed by atoms with Crippen molar-refractivity contribution in [1.29, 1.82) is 0 Å². The summed E-state index contributed by atoms with van der Waals surface area (Å²) in [6.45, 7) is 7.77. The molecule has 2 saturated heterocycles. The van der Waals surface area contributed by atoms with Crippen LogP contribution in [-0.4, -0.2) is 32.0 Å². The first-order valence-electron chi connectivity index (χ1n) is 8.23. The molecule has 21 heavy (non-hydrogen) atoms. The van der Waals surface area contributed by atoms with Crippen LogP contribution < -0.4 is 5.32 Å². The highest BCUT2D eigenvalue weighted by atomic mass is 16.6. The van der Waals surface area contributed by atoms with Gasteiger partial charge in [-0.15, -0.1) is 0 Å². The van der Waals surface area contributed by atoms with Crippen LogP contribution in [0, 0.1) is 12.8 Å². The van der Waals surface area contributed by atoms with Crippen LogP contribution in [0.1, 0.15) is 50.0 Å². The maximum atomic E-state index is 6.08. The van der Waals surface area contributed by atoms with Crippen LogP contribution in [0.3, 0.4) is 0 Å². The van der Waals surface area contributed by atoms with Crippen molar-refractivity contribution < 1.29 is 13.9 Å². The van der Waals surface area contributed by atoms with Gasteiger partial charge < -0.3 is 19.2 Å². The van der Waals surface area contributed by atoms with E-state index in [1.54, 1.807) is 6.26 Å². The van der Waals surface area contributed by atoms with E-state index in [1.165, 1.54) is 5.56 Å². The van der Waals surface area contributed by atoms with Crippen molar-refractivity contribution in [2.45, 2.75) is 51.2 Å². The third kappa shape index (κ3) is 3.17. The molecule has 0 bridgehead atoms. The number of nitrogens with one attached hydrogen (secondary N) is 1. The molecule has 2 aliphatic rings. The second-order valence-corrected chi connectivity index (χ2v) is 6.49. The van der Waals surface area contributed by atoms with Crippen molar-refractivity contribution in [2.24, 2.45) is 5.92 Å². The lowest BCUT2D eigenvalue weighted by molar-refractivity contribution is -0.104. The first kappa shape index (κ1) is 15.1. The van der Waals surface area contributed by atoms with Crippen molar-refractivity contribution in [2.75, 3.05) is 26.4 Å². The van der Waals surface area contributed by atoms with E-state index in [4.69, 9.17) is 13.9 Å². The minimum atomic E-state index is -0.0461. The van der Waals surface area contributed by atoms with E-state index >= 15 is 0 Å². The van der Waals surface area contributed by atoms with E-state index in [2.05, 4.69) is 25.2 Å². The molecule has 4 nitrogen and oxygen atoms in total. The Kier molecular flexibility index (Phi) is 4.67. The molecule has 3 rings (SSSR count). The number of furan rings is 1. The minimum Gasteiger partial charge on any atom is -0.467 e. The molecular formula is C17H27NO3. The Labute approximate surface area is 127 Å². The quantitative estimate of drug-likeness (QED) is 0.905. The van der Waals surface area contributed by atoms with Gasteiger partial charge in [-0.05, 0) is 50.3 Å². The first-order valence-corrected chi connectivity index (χ1v) is 8.23. The third-order valence-corrected chi connectivity index (χ3v) is 4.87. The Balaban J connectivity index is 1.77. The van der Waals surface area contributed by atoms with Crippen LogP contribution in [0.2, 0.25) is 0 Å². The predicted octanol–water partition coefficient (Wildman–Crippen LogP) is 3.21. The molecule has 1 aromatic rings. The molecule has 3 unspecified atom stereocenters. The Hall–Kier alpha value is -0.840. The summed E-state index contributed by atoms with van der Waals surface area (Å²) in [5, 5.41) is 3.70. The zero-order valence-corrected chi connectivity index (χ0v) is 13.2. The molecule has 0 aromatic carbocycles. The summed E-state index contributed by atoms with van der Waals surface area (Å²) in [4.78, 5) is 0. The lowest BCUT2D eigenvalue weighted by atomic mass is 9.80. The predicted molar refractivity (Wildman–Crippen MR) is 81.3 cm³/mol. The Bertz CT molecular complexity index is 451. The van der Waals surface area contributed by atoms with Gasteiger partial charge in [0.25, 0.3) is 0 Å². The van der Waals surface area contributed by atoms with Crippen molar-refractivity contribution in [3.8, 4) is 0 Å². The van der Waals surface area contributed by atoms with Crippen LogP contribution in [0.5, 0.6) is 0 Å². The average Bonchev–Trinajstić information content (AvgIpc) is 3.10. The van der Waals surface area contributed by atoms with Crippen molar-refractivity contribution in [3.63, 3.8) is 0 Å². The van der Waals surface area contributed by atoms with Crippen LogP contribution in [0.15, 0.2) is 16.7 Å². The molecule has 3 heterocycles. The molecule has 0 saturated carbocycles. The lowest BCUT2D eigenvalue weighted by Gasteiger charge is -2.40. The molecule has 2 aliphatic heterocycles. The Morgan fingerprint density at radius 1 is 1.43 bits per heavy atom. The van der Waals surface area contributed by atoms with Gasteiger partial charge in [-0.2, -0.15) is 0 Å². The van der Waals surface area contributed by atoms with Gasteiger partial charge in [0, 0.05) is 19.6 Å². The summed E-state index contributed by atoms with van der Waals surface area (Å²) in [5.74, 6) is 1.65. The van der Waals surface area contributed by atoms with Gasteiger partial charge in [0.1, 0.15) is 5.76 Å². The summed E-state index contributed by atoms with van der Waals surface area (Å²) in [6.07, 6.45) is 6.12. The normalized spacial score (nSPS) is 30.9. The van der Waals surface area contributed by atoms with E-state index in [1.807, 2.05) is 0 Å². The van der Waals surface area contributed by atoms with E-state index in [0.717, 1.165) is 57.8 Å². The highest BCUT2D eigenvalue weighted by Crippen LogP contribution is 2.41. The van der Waals surface area contributed by atoms with Gasteiger partial charge in [0.05, 0.1) is 24.5 Å². The topological polar surface area (TPSA) is 43.6 Å². The minimum absolute atomic E-state index is 0.0461. The Morgan fingerprint density at radius 3 is 3.00 bits per heavy atom. The molecule has 0 amide bonds. The van der Waals surface area contributed by atoms with Gasteiger partial charge in [0.15, 0.2) is 0 Å². The number of aryl methyl sites for hydroxylation is 1. The average molecular weight is 293 g/mol. The van der Waals surface area contributed by atoms with Crippen LogP contribution in [0.4, 0.5) is 0 Å². The molecular weight excluding hydrogens is 266 g/mol. The van der Waals surface area contributed by atoms with E-state index in [9.17, 15) is 0 Å². The molecule has 0 aliphatic carbocycles. The van der Waals surface area contributed by atoms with Crippen molar-refractivity contribution >= 4 is 0 Å². The summed E-state index contributed by atoms with van der Waals surface area (Å²) in [7, 11) is 0. The second kappa shape index (κ2) is 6.51. The first-order chi connectivity index (χ1) is 10.2. The van der Waals surface area contributed by atoms with Gasteiger partial charge >= 0.3 is 0 Å². The fourth-order valence-electron chi connectivity index (χ4n) is 3.69. The molecule has 118 valence electrons. The molecule has 3 atom stereocenters. The highest BCUT2D eigenvalue weighted by Gasteiger charge is 2.43. The highest BCUT2D eigenvalue weighted by molar-refractivity contribution is 5.19. The monoisotopic (exact) mass is 293 g/mol. The van der Waals surface area contributed by atoms with E-state index < -0.39 is 0 Å². The zero-order chi connectivity index (χ0) is 14.7. The largest absolute Gasteiger partial charge is 0.467 e.